The highest BCUT2D eigenvalue weighted by Gasteiger charge is 2.35. The number of anilines is 1. The van der Waals surface area contributed by atoms with Gasteiger partial charge in [0, 0.05) is 18.6 Å². The van der Waals surface area contributed by atoms with Gasteiger partial charge in [-0.25, -0.2) is 4.98 Å². The third-order valence-electron chi connectivity index (χ3n) is 3.90. The summed E-state index contributed by atoms with van der Waals surface area (Å²) in [5, 5.41) is 12.8. The van der Waals surface area contributed by atoms with Gasteiger partial charge in [-0.15, -0.1) is 0 Å². The minimum Gasteiger partial charge on any atom is -0.363 e. The average Bonchev–Trinajstić information content (AvgIpc) is 2.64. The second kappa shape index (κ2) is 4.75. The van der Waals surface area contributed by atoms with E-state index in [9.17, 15) is 0 Å². The van der Waals surface area contributed by atoms with Crippen molar-refractivity contribution in [3.05, 3.63) is 23.0 Å². The summed E-state index contributed by atoms with van der Waals surface area (Å²) in [6.45, 7) is 2.09. The fourth-order valence-electron chi connectivity index (χ4n) is 3.06. The zero-order chi connectivity index (χ0) is 12.5. The van der Waals surface area contributed by atoms with Crippen molar-refractivity contribution in [1.82, 2.24) is 10.3 Å². The van der Waals surface area contributed by atoms with Gasteiger partial charge in [0.15, 0.2) is 0 Å². The topological polar surface area (TPSA) is 52.0 Å². The van der Waals surface area contributed by atoms with Crippen molar-refractivity contribution in [2.24, 2.45) is 0 Å². The first-order chi connectivity index (χ1) is 8.79. The molecule has 2 saturated heterocycles. The Labute approximate surface area is 112 Å². The highest BCUT2D eigenvalue weighted by molar-refractivity contribution is 6.30. The molecule has 0 radical (unpaired) electrons. The first kappa shape index (κ1) is 11.8. The lowest BCUT2D eigenvalue weighted by Gasteiger charge is -2.30. The molecule has 3 rings (SSSR count). The summed E-state index contributed by atoms with van der Waals surface area (Å²) >= 11 is 5.89. The number of rotatable bonds is 1. The Morgan fingerprint density at radius 1 is 1.39 bits per heavy atom. The first-order valence-electron chi connectivity index (χ1n) is 6.34. The van der Waals surface area contributed by atoms with Crippen LogP contribution in [0.2, 0.25) is 5.15 Å². The number of nitrogens with zero attached hydrogens (tertiary/aromatic N) is 3. The van der Waals surface area contributed by atoms with E-state index in [4.69, 9.17) is 16.9 Å². The molecular weight excluding hydrogens is 248 g/mol. The van der Waals surface area contributed by atoms with E-state index in [1.54, 1.807) is 6.20 Å². The molecule has 0 saturated carbocycles. The summed E-state index contributed by atoms with van der Waals surface area (Å²) < 4.78 is 0. The Morgan fingerprint density at radius 3 is 3.06 bits per heavy atom. The SMILES string of the molecule is N#Cc1cc(N2[C@@H]3CCNC[C@H]2CC3)cnc1Cl. The summed E-state index contributed by atoms with van der Waals surface area (Å²) in [5.41, 5.74) is 1.50. The normalized spacial score (nSPS) is 26.8. The molecule has 2 aliphatic heterocycles. The number of hydrogen-bond donors (Lipinski definition) is 1. The highest BCUT2D eigenvalue weighted by Crippen LogP contribution is 2.33. The van der Waals surface area contributed by atoms with E-state index >= 15 is 0 Å². The van der Waals surface area contributed by atoms with Gasteiger partial charge in [0.05, 0.1) is 17.4 Å². The molecule has 2 atom stereocenters. The van der Waals surface area contributed by atoms with Crippen molar-refractivity contribution in [2.45, 2.75) is 31.3 Å². The number of nitriles is 1. The van der Waals surface area contributed by atoms with E-state index in [0.29, 0.717) is 22.8 Å². The number of halogens is 1. The molecule has 2 bridgehead atoms. The van der Waals surface area contributed by atoms with Gasteiger partial charge >= 0.3 is 0 Å². The molecule has 0 aromatic carbocycles. The molecular formula is C13H15ClN4. The summed E-state index contributed by atoms with van der Waals surface area (Å²) in [6.07, 6.45) is 5.39. The van der Waals surface area contributed by atoms with E-state index in [1.807, 2.05) is 6.07 Å². The highest BCUT2D eigenvalue weighted by atomic mass is 35.5. The van der Waals surface area contributed by atoms with Gasteiger partial charge in [-0.2, -0.15) is 5.26 Å². The Hall–Kier alpha value is -1.31. The third-order valence-corrected chi connectivity index (χ3v) is 4.20. The third kappa shape index (κ3) is 1.94. The molecule has 0 unspecified atom stereocenters. The van der Waals surface area contributed by atoms with Crippen LogP contribution in [0.15, 0.2) is 12.3 Å². The van der Waals surface area contributed by atoms with Crippen molar-refractivity contribution < 1.29 is 0 Å². The quantitative estimate of drug-likeness (QED) is 0.786. The van der Waals surface area contributed by atoms with Crippen LogP contribution in [0.4, 0.5) is 5.69 Å². The summed E-state index contributed by atoms with van der Waals surface area (Å²) in [5.74, 6) is 0. The predicted molar refractivity (Wildman–Crippen MR) is 70.7 cm³/mol. The minimum atomic E-state index is 0.293. The van der Waals surface area contributed by atoms with Crippen LogP contribution in [0.1, 0.15) is 24.8 Å². The van der Waals surface area contributed by atoms with E-state index in [-0.39, 0.29) is 0 Å². The van der Waals surface area contributed by atoms with E-state index in [1.165, 1.54) is 12.8 Å². The monoisotopic (exact) mass is 262 g/mol. The van der Waals surface area contributed by atoms with Crippen LogP contribution in [-0.2, 0) is 0 Å². The summed E-state index contributed by atoms with van der Waals surface area (Å²) in [6, 6.07) is 5.06. The van der Waals surface area contributed by atoms with Crippen LogP contribution in [0.3, 0.4) is 0 Å². The maximum atomic E-state index is 9.04. The van der Waals surface area contributed by atoms with E-state index in [0.717, 1.165) is 25.2 Å². The van der Waals surface area contributed by atoms with Crippen molar-refractivity contribution in [1.29, 1.82) is 5.26 Å². The van der Waals surface area contributed by atoms with Gasteiger partial charge < -0.3 is 10.2 Å². The second-order valence-electron chi connectivity index (χ2n) is 4.93. The van der Waals surface area contributed by atoms with Crippen LogP contribution in [0, 0.1) is 11.3 Å². The van der Waals surface area contributed by atoms with Gasteiger partial charge in [-0.1, -0.05) is 11.6 Å². The van der Waals surface area contributed by atoms with Crippen LogP contribution in [0.25, 0.3) is 0 Å². The lowest BCUT2D eigenvalue weighted by molar-refractivity contribution is 0.567. The van der Waals surface area contributed by atoms with Crippen molar-refractivity contribution >= 4 is 17.3 Å². The Kier molecular flexibility index (Phi) is 3.11. The van der Waals surface area contributed by atoms with Crippen LogP contribution < -0.4 is 10.2 Å². The second-order valence-corrected chi connectivity index (χ2v) is 5.29. The average molecular weight is 263 g/mol. The molecule has 0 aliphatic carbocycles. The fourth-order valence-corrected chi connectivity index (χ4v) is 3.21. The Bertz CT molecular complexity index is 482. The first-order valence-corrected chi connectivity index (χ1v) is 6.72. The van der Waals surface area contributed by atoms with E-state index in [2.05, 4.69) is 21.3 Å². The zero-order valence-electron chi connectivity index (χ0n) is 10.1. The lowest BCUT2D eigenvalue weighted by Crippen LogP contribution is -2.38. The van der Waals surface area contributed by atoms with Crippen LogP contribution in [-0.4, -0.2) is 30.2 Å². The number of nitrogens with one attached hydrogen (secondary N) is 1. The molecule has 2 aliphatic rings. The number of pyridine rings is 1. The molecule has 1 aromatic heterocycles. The summed E-state index contributed by atoms with van der Waals surface area (Å²) in [4.78, 5) is 6.55. The smallest absolute Gasteiger partial charge is 0.146 e. The largest absolute Gasteiger partial charge is 0.363 e. The number of hydrogen-bond acceptors (Lipinski definition) is 4. The molecule has 0 amide bonds. The zero-order valence-corrected chi connectivity index (χ0v) is 10.8. The van der Waals surface area contributed by atoms with Crippen LogP contribution >= 0.6 is 11.6 Å². The molecule has 2 fully saturated rings. The van der Waals surface area contributed by atoms with Crippen molar-refractivity contribution in [3.8, 4) is 6.07 Å². The summed E-state index contributed by atoms with van der Waals surface area (Å²) in [7, 11) is 0. The number of fused-ring (bicyclic) bond motifs is 2. The lowest BCUT2D eigenvalue weighted by atomic mass is 10.1. The van der Waals surface area contributed by atoms with Crippen LogP contribution in [0.5, 0.6) is 0 Å². The van der Waals surface area contributed by atoms with Crippen molar-refractivity contribution in [3.63, 3.8) is 0 Å². The van der Waals surface area contributed by atoms with Crippen molar-refractivity contribution in [2.75, 3.05) is 18.0 Å². The maximum absolute atomic E-state index is 9.04. The predicted octanol–water partition coefficient (Wildman–Crippen LogP) is 1.94. The maximum Gasteiger partial charge on any atom is 0.146 e. The Balaban J connectivity index is 1.97. The molecule has 0 spiro atoms. The molecule has 1 N–H and O–H groups in total. The van der Waals surface area contributed by atoms with Gasteiger partial charge in [0.1, 0.15) is 11.2 Å². The van der Waals surface area contributed by atoms with Gasteiger partial charge in [0.25, 0.3) is 0 Å². The minimum absolute atomic E-state index is 0.293. The molecule has 18 heavy (non-hydrogen) atoms. The molecule has 5 heteroatoms. The van der Waals surface area contributed by atoms with Gasteiger partial charge in [-0.05, 0) is 31.9 Å². The van der Waals surface area contributed by atoms with E-state index < -0.39 is 0 Å². The van der Waals surface area contributed by atoms with Gasteiger partial charge in [-0.3, -0.25) is 0 Å². The molecule has 94 valence electrons. The standard InChI is InChI=1S/C13H15ClN4/c14-13-9(6-15)5-12(8-17-13)18-10-1-2-11(18)7-16-4-3-10/h5,8,10-11,16H,1-4,7H2/t10-,11+/m0/s1. The molecule has 3 heterocycles. The molecule has 4 nitrogen and oxygen atoms in total. The van der Waals surface area contributed by atoms with Gasteiger partial charge in [0.2, 0.25) is 0 Å². The Morgan fingerprint density at radius 2 is 2.22 bits per heavy atom. The fraction of sp³-hybridized carbons (Fsp3) is 0.538. The number of aromatic nitrogens is 1. The molecule has 1 aromatic rings.